The van der Waals surface area contributed by atoms with E-state index in [4.69, 9.17) is 15.6 Å². The van der Waals surface area contributed by atoms with Crippen molar-refractivity contribution < 1.29 is 29.0 Å². The van der Waals surface area contributed by atoms with Gasteiger partial charge in [0.05, 0.1) is 24.7 Å². The molecule has 0 aliphatic carbocycles. The third-order valence-electron chi connectivity index (χ3n) is 5.42. The molecule has 3 amide bonds. The number of aliphatic carboxylic acids is 1. The van der Waals surface area contributed by atoms with E-state index < -0.39 is 17.8 Å². The van der Waals surface area contributed by atoms with Crippen LogP contribution in [0.5, 0.6) is 5.75 Å². The SMILES string of the molecule is CCn1nc(C)cc1C(=O)Nc1nc2cc(C(N)=O)cc(OC)c2n1CCCNC(=O)CCC(=O)O. The van der Waals surface area contributed by atoms with Crippen LogP contribution in [0.2, 0.25) is 0 Å². The molecule has 3 rings (SSSR count). The van der Waals surface area contributed by atoms with Crippen molar-refractivity contribution in [1.29, 1.82) is 0 Å². The largest absolute Gasteiger partial charge is 0.494 e. The summed E-state index contributed by atoms with van der Waals surface area (Å²) in [4.78, 5) is 51.8. The van der Waals surface area contributed by atoms with Gasteiger partial charge in [-0.05, 0) is 38.5 Å². The number of primary amides is 1. The Morgan fingerprint density at radius 3 is 2.56 bits per heavy atom. The summed E-state index contributed by atoms with van der Waals surface area (Å²) in [6, 6.07) is 4.68. The minimum absolute atomic E-state index is 0.112. The fourth-order valence-corrected chi connectivity index (χ4v) is 3.75. The average Bonchev–Trinajstić information content (AvgIpc) is 3.39. The van der Waals surface area contributed by atoms with Gasteiger partial charge in [-0.15, -0.1) is 0 Å². The number of nitrogens with zero attached hydrogens (tertiary/aromatic N) is 4. The molecule has 0 bridgehead atoms. The van der Waals surface area contributed by atoms with E-state index in [1.807, 2.05) is 6.92 Å². The van der Waals surface area contributed by atoms with Gasteiger partial charge in [-0.25, -0.2) is 4.98 Å². The number of hydrogen-bond donors (Lipinski definition) is 4. The van der Waals surface area contributed by atoms with Crippen LogP contribution in [0.3, 0.4) is 0 Å². The molecule has 0 fully saturated rings. The van der Waals surface area contributed by atoms with Crippen LogP contribution in [0.25, 0.3) is 11.0 Å². The van der Waals surface area contributed by atoms with Crippen LogP contribution in [-0.2, 0) is 22.7 Å². The summed E-state index contributed by atoms with van der Waals surface area (Å²) in [7, 11) is 1.44. The Kier molecular flexibility index (Phi) is 8.25. The molecule has 192 valence electrons. The van der Waals surface area contributed by atoms with E-state index in [9.17, 15) is 19.2 Å². The Morgan fingerprint density at radius 2 is 1.92 bits per heavy atom. The first-order valence-corrected chi connectivity index (χ1v) is 11.4. The molecule has 2 aromatic heterocycles. The summed E-state index contributed by atoms with van der Waals surface area (Å²) < 4.78 is 8.78. The summed E-state index contributed by atoms with van der Waals surface area (Å²) in [5.74, 6) is -1.92. The number of fused-ring (bicyclic) bond motifs is 1. The number of imidazole rings is 1. The molecule has 36 heavy (non-hydrogen) atoms. The van der Waals surface area contributed by atoms with Crippen LogP contribution in [-0.4, -0.2) is 61.8 Å². The number of methoxy groups -OCH3 is 1. The highest BCUT2D eigenvalue weighted by Crippen LogP contribution is 2.31. The van der Waals surface area contributed by atoms with Crippen LogP contribution in [0.4, 0.5) is 5.95 Å². The van der Waals surface area contributed by atoms with Gasteiger partial charge >= 0.3 is 5.97 Å². The van der Waals surface area contributed by atoms with Gasteiger partial charge in [-0.2, -0.15) is 5.10 Å². The summed E-state index contributed by atoms with van der Waals surface area (Å²) in [5, 5.41) is 18.5. The van der Waals surface area contributed by atoms with E-state index in [2.05, 4.69) is 20.7 Å². The number of rotatable bonds is 12. The quantitative estimate of drug-likeness (QED) is 0.269. The zero-order chi connectivity index (χ0) is 26.4. The Bertz CT molecular complexity index is 1310. The third-order valence-corrected chi connectivity index (χ3v) is 5.42. The fourth-order valence-electron chi connectivity index (χ4n) is 3.75. The molecule has 5 N–H and O–H groups in total. The van der Waals surface area contributed by atoms with Crippen LogP contribution in [0.15, 0.2) is 18.2 Å². The topological polar surface area (TPSA) is 183 Å². The van der Waals surface area contributed by atoms with Gasteiger partial charge in [0.1, 0.15) is 17.0 Å². The Hall–Kier alpha value is -4.42. The molecule has 0 atom stereocenters. The van der Waals surface area contributed by atoms with Gasteiger partial charge in [-0.1, -0.05) is 0 Å². The van der Waals surface area contributed by atoms with Crippen molar-refractivity contribution in [1.82, 2.24) is 24.6 Å². The predicted octanol–water partition coefficient (Wildman–Crippen LogP) is 1.29. The highest BCUT2D eigenvalue weighted by atomic mass is 16.5. The van der Waals surface area contributed by atoms with Crippen molar-refractivity contribution in [3.05, 3.63) is 35.2 Å². The number of nitrogens with one attached hydrogen (secondary N) is 2. The van der Waals surface area contributed by atoms with Crippen LogP contribution < -0.4 is 21.1 Å². The van der Waals surface area contributed by atoms with E-state index in [1.165, 1.54) is 19.2 Å². The molecular formula is C23H29N7O6. The molecule has 0 aliphatic heterocycles. The maximum Gasteiger partial charge on any atom is 0.303 e. The second-order valence-corrected chi connectivity index (χ2v) is 8.04. The third kappa shape index (κ3) is 5.98. The number of nitrogens with two attached hydrogens (primary N) is 1. The molecular weight excluding hydrogens is 470 g/mol. The molecule has 0 saturated heterocycles. The number of benzene rings is 1. The van der Waals surface area contributed by atoms with Crippen molar-refractivity contribution in [2.75, 3.05) is 19.0 Å². The van der Waals surface area contributed by atoms with Gasteiger partial charge < -0.3 is 25.5 Å². The molecule has 0 saturated carbocycles. The second-order valence-electron chi connectivity index (χ2n) is 8.04. The maximum atomic E-state index is 13.1. The Labute approximate surface area is 206 Å². The molecule has 0 unspecified atom stereocenters. The number of hydrogen-bond acceptors (Lipinski definition) is 7. The summed E-state index contributed by atoms with van der Waals surface area (Å²) in [5.41, 5.74) is 7.64. The number of carbonyl (C=O) groups excluding carboxylic acids is 3. The predicted molar refractivity (Wildman–Crippen MR) is 130 cm³/mol. The zero-order valence-electron chi connectivity index (χ0n) is 20.3. The Balaban J connectivity index is 1.90. The normalized spacial score (nSPS) is 10.9. The minimum atomic E-state index is -1.04. The zero-order valence-corrected chi connectivity index (χ0v) is 20.3. The van der Waals surface area contributed by atoms with Gasteiger partial charge in [0, 0.05) is 31.6 Å². The number of ether oxygens (including phenoxy) is 1. The van der Waals surface area contributed by atoms with Gasteiger partial charge in [0.2, 0.25) is 17.8 Å². The lowest BCUT2D eigenvalue weighted by Crippen LogP contribution is -2.26. The summed E-state index contributed by atoms with van der Waals surface area (Å²) in [6.45, 7) is 4.77. The highest BCUT2D eigenvalue weighted by molar-refractivity contribution is 6.04. The van der Waals surface area contributed by atoms with E-state index in [0.29, 0.717) is 47.7 Å². The summed E-state index contributed by atoms with van der Waals surface area (Å²) in [6.07, 6.45) is 0.0835. The van der Waals surface area contributed by atoms with Crippen LogP contribution in [0, 0.1) is 6.92 Å². The second kappa shape index (κ2) is 11.3. The standard InChI is InChI=1S/C23H29N7O6/c1-4-30-16(10-13(2)28-30)22(35)27-23-26-15-11-14(21(24)34)12-17(36-3)20(15)29(23)9-5-8-25-18(31)6-7-19(32)33/h10-12H,4-9H2,1-3H3,(H2,24,34)(H,25,31)(H,32,33)(H,26,27,35). The molecule has 3 aromatic rings. The van der Waals surface area contributed by atoms with Crippen molar-refractivity contribution in [2.45, 2.75) is 46.2 Å². The van der Waals surface area contributed by atoms with Crippen molar-refractivity contribution >= 4 is 40.7 Å². The summed E-state index contributed by atoms with van der Waals surface area (Å²) >= 11 is 0. The number of carboxylic acid groups (broad SMARTS) is 1. The van der Waals surface area contributed by atoms with Crippen molar-refractivity contribution in [2.24, 2.45) is 5.73 Å². The maximum absolute atomic E-state index is 13.1. The van der Waals surface area contributed by atoms with E-state index in [-0.39, 0.29) is 36.8 Å². The first kappa shape index (κ1) is 26.2. The van der Waals surface area contributed by atoms with Crippen molar-refractivity contribution in [3.8, 4) is 5.75 Å². The van der Waals surface area contributed by atoms with E-state index >= 15 is 0 Å². The molecule has 0 radical (unpaired) electrons. The minimum Gasteiger partial charge on any atom is -0.494 e. The van der Waals surface area contributed by atoms with Crippen LogP contribution >= 0.6 is 0 Å². The van der Waals surface area contributed by atoms with Gasteiger partial charge in [0.15, 0.2) is 0 Å². The number of aryl methyl sites for hydroxylation is 3. The first-order valence-electron chi connectivity index (χ1n) is 11.4. The average molecular weight is 500 g/mol. The van der Waals surface area contributed by atoms with Gasteiger partial charge in [0.25, 0.3) is 5.91 Å². The molecule has 0 spiro atoms. The van der Waals surface area contributed by atoms with E-state index in [1.54, 1.807) is 22.2 Å². The first-order chi connectivity index (χ1) is 17.1. The van der Waals surface area contributed by atoms with Crippen molar-refractivity contribution in [3.63, 3.8) is 0 Å². The Morgan fingerprint density at radius 1 is 1.17 bits per heavy atom. The molecule has 0 aliphatic rings. The van der Waals surface area contributed by atoms with E-state index in [0.717, 1.165) is 0 Å². The smallest absolute Gasteiger partial charge is 0.303 e. The lowest BCUT2D eigenvalue weighted by molar-refractivity contribution is -0.138. The number of amides is 3. The number of aromatic nitrogens is 4. The lowest BCUT2D eigenvalue weighted by atomic mass is 10.1. The number of anilines is 1. The van der Waals surface area contributed by atoms with Crippen LogP contribution in [0.1, 0.15) is 52.7 Å². The monoisotopic (exact) mass is 499 g/mol. The highest BCUT2D eigenvalue weighted by Gasteiger charge is 2.21. The lowest BCUT2D eigenvalue weighted by Gasteiger charge is -2.13. The molecule has 13 nitrogen and oxygen atoms in total. The molecule has 1 aromatic carbocycles. The number of carboxylic acids is 1. The fraction of sp³-hybridized carbons (Fsp3) is 0.391. The number of carbonyl (C=O) groups is 4. The molecule has 13 heteroatoms. The van der Waals surface area contributed by atoms with Gasteiger partial charge in [-0.3, -0.25) is 29.2 Å². The molecule has 2 heterocycles.